The molecule has 0 unspecified atom stereocenters. The van der Waals surface area contributed by atoms with Gasteiger partial charge >= 0.3 is 0 Å². The Bertz CT molecular complexity index is 25.2. The molecule has 42 valence electrons. The van der Waals surface area contributed by atoms with Gasteiger partial charge in [-0.25, -0.2) is 0 Å². The van der Waals surface area contributed by atoms with E-state index in [2.05, 4.69) is 10.6 Å². The number of piperazine rings is 1. The third kappa shape index (κ3) is 2.91. The second-order valence-corrected chi connectivity index (χ2v) is 1.50. The molecule has 1 fully saturated rings. The number of hydrogen-bond acceptors (Lipinski definition) is 2. The Morgan fingerprint density at radius 3 is 1.14 bits per heavy atom. The zero-order chi connectivity index (χ0) is 4.24. The molecule has 0 spiro atoms. The maximum absolute atomic E-state index is 3.22. The van der Waals surface area contributed by atoms with E-state index in [4.69, 9.17) is 0 Å². The van der Waals surface area contributed by atoms with Gasteiger partial charge in [0.15, 0.2) is 0 Å². The molecular formula is C4H10N2S. The Morgan fingerprint density at radius 1 is 0.714 bits per heavy atom. The quantitative estimate of drug-likeness (QED) is 0.461. The summed E-state index contributed by atoms with van der Waals surface area (Å²) in [7, 11) is 0. The van der Waals surface area contributed by atoms with E-state index in [1.54, 1.807) is 0 Å². The molecule has 3 heteroatoms. The van der Waals surface area contributed by atoms with Gasteiger partial charge < -0.3 is 10.6 Å². The first-order valence-electron chi connectivity index (χ1n) is 2.41. The van der Waals surface area contributed by atoms with E-state index in [-0.39, 0.29) is 13.5 Å². The van der Waals surface area contributed by atoms with Crippen LogP contribution in [-0.4, -0.2) is 26.2 Å². The Morgan fingerprint density at radius 2 is 1.00 bits per heavy atom. The van der Waals surface area contributed by atoms with Crippen LogP contribution < -0.4 is 10.6 Å². The summed E-state index contributed by atoms with van der Waals surface area (Å²) >= 11 is 0. The van der Waals surface area contributed by atoms with Crippen molar-refractivity contribution in [2.45, 2.75) is 0 Å². The predicted octanol–water partition coefficient (Wildman–Crippen LogP) is -0.173. The van der Waals surface area contributed by atoms with E-state index in [9.17, 15) is 0 Å². The SMILES string of the molecule is C1CNCCN1.[S]. The molecule has 0 aliphatic carbocycles. The molecule has 0 saturated carbocycles. The molecule has 1 aliphatic rings. The van der Waals surface area contributed by atoms with Crippen molar-refractivity contribution in [2.24, 2.45) is 0 Å². The monoisotopic (exact) mass is 118 g/mol. The second-order valence-electron chi connectivity index (χ2n) is 1.50. The summed E-state index contributed by atoms with van der Waals surface area (Å²) in [5, 5.41) is 6.44. The van der Waals surface area contributed by atoms with Gasteiger partial charge in [-0.1, -0.05) is 0 Å². The van der Waals surface area contributed by atoms with Crippen LogP contribution in [0.3, 0.4) is 0 Å². The first kappa shape index (κ1) is 7.27. The molecule has 2 N–H and O–H groups in total. The first-order valence-corrected chi connectivity index (χ1v) is 2.41. The molecule has 0 aromatic rings. The van der Waals surface area contributed by atoms with Crippen LogP contribution in [0.4, 0.5) is 0 Å². The van der Waals surface area contributed by atoms with Crippen LogP contribution in [0.25, 0.3) is 0 Å². The van der Waals surface area contributed by atoms with E-state index in [0.29, 0.717) is 0 Å². The number of rotatable bonds is 0. The molecule has 0 atom stereocenters. The highest BCUT2D eigenvalue weighted by Gasteiger charge is 1.91. The minimum atomic E-state index is 0. The van der Waals surface area contributed by atoms with Gasteiger partial charge in [-0.3, -0.25) is 0 Å². The molecule has 0 aromatic carbocycles. The van der Waals surface area contributed by atoms with Gasteiger partial charge in [-0.05, 0) is 0 Å². The lowest BCUT2D eigenvalue weighted by atomic mass is 10.4. The zero-order valence-corrected chi connectivity index (χ0v) is 5.05. The molecule has 1 aliphatic heterocycles. The fourth-order valence-corrected chi connectivity index (χ4v) is 0.604. The molecule has 1 heterocycles. The molecule has 2 radical (unpaired) electrons. The van der Waals surface area contributed by atoms with Crippen molar-refractivity contribution in [2.75, 3.05) is 26.2 Å². The van der Waals surface area contributed by atoms with Crippen molar-refractivity contribution >= 4 is 13.5 Å². The largest absolute Gasteiger partial charge is 0.314 e. The van der Waals surface area contributed by atoms with E-state index in [1.165, 1.54) is 0 Å². The lowest BCUT2D eigenvalue weighted by Gasteiger charge is -2.11. The van der Waals surface area contributed by atoms with Gasteiger partial charge in [-0.2, -0.15) is 0 Å². The average molecular weight is 118 g/mol. The molecular weight excluding hydrogens is 108 g/mol. The van der Waals surface area contributed by atoms with Crippen molar-refractivity contribution in [1.82, 2.24) is 10.6 Å². The van der Waals surface area contributed by atoms with Crippen molar-refractivity contribution in [3.63, 3.8) is 0 Å². The van der Waals surface area contributed by atoms with Crippen LogP contribution in [0.5, 0.6) is 0 Å². The van der Waals surface area contributed by atoms with Crippen LogP contribution >= 0.6 is 13.5 Å². The fraction of sp³-hybridized carbons (Fsp3) is 1.00. The van der Waals surface area contributed by atoms with E-state index >= 15 is 0 Å². The maximum Gasteiger partial charge on any atom is 0.00772 e. The molecule has 0 bridgehead atoms. The summed E-state index contributed by atoms with van der Waals surface area (Å²) in [5.74, 6) is 0. The van der Waals surface area contributed by atoms with Gasteiger partial charge in [0.25, 0.3) is 0 Å². The van der Waals surface area contributed by atoms with Crippen LogP contribution in [-0.2, 0) is 0 Å². The van der Waals surface area contributed by atoms with E-state index in [1.807, 2.05) is 0 Å². The Labute approximate surface area is 51.1 Å². The lowest BCUT2D eigenvalue weighted by Crippen LogP contribution is -2.39. The van der Waals surface area contributed by atoms with Crippen LogP contribution in [0.15, 0.2) is 0 Å². The molecule has 0 aromatic heterocycles. The molecule has 1 saturated heterocycles. The van der Waals surface area contributed by atoms with Crippen molar-refractivity contribution in [1.29, 1.82) is 0 Å². The van der Waals surface area contributed by atoms with Crippen molar-refractivity contribution in [3.8, 4) is 0 Å². The van der Waals surface area contributed by atoms with Gasteiger partial charge in [0.1, 0.15) is 0 Å². The Kier molecular flexibility index (Phi) is 4.60. The number of nitrogens with one attached hydrogen (secondary N) is 2. The van der Waals surface area contributed by atoms with Crippen LogP contribution in [0.1, 0.15) is 0 Å². The maximum atomic E-state index is 3.22. The zero-order valence-electron chi connectivity index (χ0n) is 4.24. The summed E-state index contributed by atoms with van der Waals surface area (Å²) in [6.07, 6.45) is 0. The summed E-state index contributed by atoms with van der Waals surface area (Å²) < 4.78 is 0. The topological polar surface area (TPSA) is 24.1 Å². The van der Waals surface area contributed by atoms with E-state index in [0.717, 1.165) is 26.2 Å². The second kappa shape index (κ2) is 4.43. The van der Waals surface area contributed by atoms with Gasteiger partial charge in [0.2, 0.25) is 0 Å². The first-order chi connectivity index (χ1) is 3.00. The van der Waals surface area contributed by atoms with Crippen molar-refractivity contribution < 1.29 is 0 Å². The lowest BCUT2D eigenvalue weighted by molar-refractivity contribution is 0.534. The predicted molar refractivity (Wildman–Crippen MR) is 33.3 cm³/mol. The van der Waals surface area contributed by atoms with Crippen LogP contribution in [0, 0.1) is 0 Å². The van der Waals surface area contributed by atoms with Gasteiger partial charge in [0, 0.05) is 39.7 Å². The standard InChI is InChI=1S/C4H10N2.S/c1-2-6-4-3-5-1;/h5-6H,1-4H2;. The summed E-state index contributed by atoms with van der Waals surface area (Å²) in [5.41, 5.74) is 0. The molecule has 0 amide bonds. The van der Waals surface area contributed by atoms with Crippen molar-refractivity contribution in [3.05, 3.63) is 0 Å². The minimum absolute atomic E-state index is 0. The highest BCUT2D eigenvalue weighted by Crippen LogP contribution is 1.65. The van der Waals surface area contributed by atoms with Gasteiger partial charge in [0.05, 0.1) is 0 Å². The molecule has 1 rings (SSSR count). The Hall–Kier alpha value is 0.270. The summed E-state index contributed by atoms with van der Waals surface area (Å²) in [6.45, 7) is 4.56. The smallest absolute Gasteiger partial charge is 0.00772 e. The number of hydrogen-bond donors (Lipinski definition) is 2. The summed E-state index contributed by atoms with van der Waals surface area (Å²) in [4.78, 5) is 0. The van der Waals surface area contributed by atoms with E-state index < -0.39 is 0 Å². The minimum Gasteiger partial charge on any atom is -0.314 e. The highest BCUT2D eigenvalue weighted by molar-refractivity contribution is 7.59. The summed E-state index contributed by atoms with van der Waals surface area (Å²) in [6, 6.07) is 0. The third-order valence-corrected chi connectivity index (χ3v) is 0.957. The van der Waals surface area contributed by atoms with Crippen LogP contribution in [0.2, 0.25) is 0 Å². The molecule has 2 nitrogen and oxygen atoms in total. The molecule has 7 heavy (non-hydrogen) atoms. The van der Waals surface area contributed by atoms with Gasteiger partial charge in [-0.15, -0.1) is 0 Å². The fourth-order valence-electron chi connectivity index (χ4n) is 0.604. The Balaban J connectivity index is 0.000000360. The highest BCUT2D eigenvalue weighted by atomic mass is 32.1. The average Bonchev–Trinajstić information content (AvgIpc) is 1.72. The third-order valence-electron chi connectivity index (χ3n) is 0.957. The normalized spacial score (nSPS) is 20.6.